The molecule has 0 radical (unpaired) electrons. The fourth-order valence-electron chi connectivity index (χ4n) is 1.65. The lowest BCUT2D eigenvalue weighted by atomic mass is 10.3. The number of aliphatic hydroxyl groups is 2. The summed E-state index contributed by atoms with van der Waals surface area (Å²) in [5.41, 5.74) is 0.506. The molecule has 22 heavy (non-hydrogen) atoms. The average Bonchev–Trinajstić information content (AvgIpc) is 2.54. The van der Waals surface area contributed by atoms with Gasteiger partial charge in [0.2, 0.25) is 0 Å². The maximum Gasteiger partial charge on any atom is 0.331 e. The Balaban J connectivity index is 2.04. The molecule has 0 bridgehead atoms. The number of hydrogen-bond acceptors (Lipinski definition) is 7. The first-order valence-electron chi connectivity index (χ1n) is 6.50. The molecular formula is C14H15N3O5. The second-order valence-corrected chi connectivity index (χ2v) is 4.43. The van der Waals surface area contributed by atoms with Gasteiger partial charge in [-0.25, -0.2) is 4.98 Å². The lowest BCUT2D eigenvalue weighted by Crippen LogP contribution is -2.22. The van der Waals surface area contributed by atoms with Crippen molar-refractivity contribution in [2.24, 2.45) is 0 Å². The number of aromatic nitrogens is 1. The van der Waals surface area contributed by atoms with Crippen LogP contribution in [0.2, 0.25) is 0 Å². The fraction of sp³-hybridized carbons (Fsp3) is 0.214. The number of aliphatic hydroxyl groups excluding tert-OH is 2. The zero-order valence-electron chi connectivity index (χ0n) is 11.5. The molecule has 0 amide bonds. The van der Waals surface area contributed by atoms with Crippen molar-refractivity contribution in [3.05, 3.63) is 52.7 Å². The summed E-state index contributed by atoms with van der Waals surface area (Å²) in [6, 6.07) is 9.39. The Morgan fingerprint density at radius 2 is 2.05 bits per heavy atom. The topological polar surface area (TPSA) is 118 Å². The standard InChI is InChI=1S/C14H15N3O5/c18-9-11(19)8-16-10-3-5-12(6-4-10)22-14-13(17(20)21)2-1-7-15-14/h1-7,11,16,18-19H,8-9H2. The Kier molecular flexibility index (Phi) is 5.23. The SMILES string of the molecule is O=[N+]([O-])c1cccnc1Oc1ccc(NCC(O)CO)cc1. The van der Waals surface area contributed by atoms with E-state index in [2.05, 4.69) is 10.3 Å². The Morgan fingerprint density at radius 1 is 1.32 bits per heavy atom. The van der Waals surface area contributed by atoms with Crippen LogP contribution in [0, 0.1) is 10.1 Å². The number of nitro groups is 1. The first-order chi connectivity index (χ1) is 10.6. The lowest BCUT2D eigenvalue weighted by molar-refractivity contribution is -0.386. The van der Waals surface area contributed by atoms with Crippen LogP contribution in [-0.2, 0) is 0 Å². The van der Waals surface area contributed by atoms with Crippen molar-refractivity contribution >= 4 is 11.4 Å². The number of nitrogens with one attached hydrogen (secondary N) is 1. The lowest BCUT2D eigenvalue weighted by Gasteiger charge is -2.11. The summed E-state index contributed by atoms with van der Waals surface area (Å²) in [6.45, 7) is -0.111. The highest BCUT2D eigenvalue weighted by Crippen LogP contribution is 2.28. The quantitative estimate of drug-likeness (QED) is 0.524. The number of benzene rings is 1. The third-order valence-corrected chi connectivity index (χ3v) is 2.77. The molecule has 1 heterocycles. The monoisotopic (exact) mass is 305 g/mol. The van der Waals surface area contributed by atoms with E-state index in [0.717, 1.165) is 5.69 Å². The van der Waals surface area contributed by atoms with Gasteiger partial charge in [0.15, 0.2) is 0 Å². The summed E-state index contributed by atoms with van der Waals surface area (Å²) in [6.07, 6.45) is 0.571. The van der Waals surface area contributed by atoms with Gasteiger partial charge >= 0.3 is 5.69 Å². The van der Waals surface area contributed by atoms with Gasteiger partial charge in [0.25, 0.3) is 5.88 Å². The molecule has 8 nitrogen and oxygen atoms in total. The molecule has 1 aromatic carbocycles. The van der Waals surface area contributed by atoms with Gasteiger partial charge < -0.3 is 20.3 Å². The van der Waals surface area contributed by atoms with Crippen molar-refractivity contribution in [3.8, 4) is 11.6 Å². The molecule has 1 aromatic heterocycles. The Bertz CT molecular complexity index is 633. The first kappa shape index (κ1) is 15.7. The highest BCUT2D eigenvalue weighted by Gasteiger charge is 2.16. The molecule has 116 valence electrons. The molecule has 8 heteroatoms. The summed E-state index contributed by atoms with van der Waals surface area (Å²) >= 11 is 0. The van der Waals surface area contributed by atoms with Crippen molar-refractivity contribution < 1.29 is 19.9 Å². The number of pyridine rings is 1. The maximum absolute atomic E-state index is 10.9. The van der Waals surface area contributed by atoms with Crippen molar-refractivity contribution in [3.63, 3.8) is 0 Å². The van der Waals surface area contributed by atoms with E-state index in [9.17, 15) is 15.2 Å². The van der Waals surface area contributed by atoms with Crippen molar-refractivity contribution in [1.29, 1.82) is 0 Å². The summed E-state index contributed by atoms with van der Waals surface area (Å²) < 4.78 is 5.40. The molecule has 2 aromatic rings. The molecule has 0 saturated carbocycles. The van der Waals surface area contributed by atoms with Gasteiger partial charge in [0.05, 0.1) is 17.6 Å². The molecule has 0 fully saturated rings. The minimum atomic E-state index is -0.841. The van der Waals surface area contributed by atoms with E-state index in [-0.39, 0.29) is 24.7 Å². The van der Waals surface area contributed by atoms with Crippen LogP contribution in [0.5, 0.6) is 11.6 Å². The molecule has 2 rings (SSSR count). The Labute approximate surface area is 126 Å². The van der Waals surface area contributed by atoms with Crippen LogP contribution in [-0.4, -0.2) is 39.4 Å². The van der Waals surface area contributed by atoms with Gasteiger partial charge in [-0.05, 0) is 30.3 Å². The number of hydrogen-bond donors (Lipinski definition) is 3. The number of ether oxygens (including phenoxy) is 1. The number of rotatable bonds is 7. The van der Waals surface area contributed by atoms with Crippen LogP contribution in [0.4, 0.5) is 11.4 Å². The third kappa shape index (κ3) is 4.14. The fourth-order valence-corrected chi connectivity index (χ4v) is 1.65. The van der Waals surface area contributed by atoms with E-state index in [1.54, 1.807) is 24.3 Å². The second-order valence-electron chi connectivity index (χ2n) is 4.43. The van der Waals surface area contributed by atoms with Crippen LogP contribution >= 0.6 is 0 Å². The van der Waals surface area contributed by atoms with Gasteiger partial charge in [-0.3, -0.25) is 10.1 Å². The molecule has 0 aliphatic rings. The highest BCUT2D eigenvalue weighted by atomic mass is 16.6. The predicted octanol–water partition coefficient (Wildman–Crippen LogP) is 1.55. The maximum atomic E-state index is 10.9. The highest BCUT2D eigenvalue weighted by molar-refractivity contribution is 5.48. The molecule has 3 N–H and O–H groups in total. The number of nitrogens with zero attached hydrogens (tertiary/aromatic N) is 2. The Morgan fingerprint density at radius 3 is 2.68 bits per heavy atom. The summed E-state index contributed by atoms with van der Waals surface area (Å²) in [5, 5.41) is 31.8. The molecule has 0 aliphatic heterocycles. The van der Waals surface area contributed by atoms with Gasteiger partial charge in [-0.2, -0.15) is 0 Å². The molecule has 0 aliphatic carbocycles. The van der Waals surface area contributed by atoms with Crippen molar-refractivity contribution in [2.45, 2.75) is 6.10 Å². The zero-order valence-corrected chi connectivity index (χ0v) is 11.5. The summed E-state index contributed by atoms with van der Waals surface area (Å²) in [5.74, 6) is 0.318. The van der Waals surface area contributed by atoms with E-state index < -0.39 is 11.0 Å². The van der Waals surface area contributed by atoms with E-state index in [1.165, 1.54) is 18.3 Å². The molecule has 0 saturated heterocycles. The van der Waals surface area contributed by atoms with Crippen LogP contribution in [0.15, 0.2) is 42.6 Å². The first-order valence-corrected chi connectivity index (χ1v) is 6.50. The Hall–Kier alpha value is -2.71. The second kappa shape index (κ2) is 7.34. The minimum Gasteiger partial charge on any atom is -0.434 e. The van der Waals surface area contributed by atoms with E-state index in [1.807, 2.05) is 0 Å². The zero-order chi connectivity index (χ0) is 15.9. The van der Waals surface area contributed by atoms with Crippen molar-refractivity contribution in [1.82, 2.24) is 4.98 Å². The van der Waals surface area contributed by atoms with Crippen molar-refractivity contribution in [2.75, 3.05) is 18.5 Å². The van der Waals surface area contributed by atoms with Crippen LogP contribution < -0.4 is 10.1 Å². The van der Waals surface area contributed by atoms with E-state index in [0.29, 0.717) is 5.75 Å². The minimum absolute atomic E-state index is 0.0797. The average molecular weight is 305 g/mol. The van der Waals surface area contributed by atoms with Crippen LogP contribution in [0.25, 0.3) is 0 Å². The number of anilines is 1. The van der Waals surface area contributed by atoms with E-state index in [4.69, 9.17) is 9.84 Å². The van der Waals surface area contributed by atoms with Crippen LogP contribution in [0.1, 0.15) is 0 Å². The largest absolute Gasteiger partial charge is 0.434 e. The molecule has 1 atom stereocenters. The summed E-state index contributed by atoms with van der Waals surface area (Å²) in [4.78, 5) is 14.2. The normalized spacial score (nSPS) is 11.7. The predicted molar refractivity (Wildman–Crippen MR) is 79.0 cm³/mol. The van der Waals surface area contributed by atoms with Gasteiger partial charge in [0, 0.05) is 24.5 Å². The van der Waals surface area contributed by atoms with Gasteiger partial charge in [0.1, 0.15) is 5.75 Å². The molecular weight excluding hydrogens is 290 g/mol. The van der Waals surface area contributed by atoms with Crippen LogP contribution in [0.3, 0.4) is 0 Å². The molecule has 0 spiro atoms. The van der Waals surface area contributed by atoms with Gasteiger partial charge in [-0.1, -0.05) is 0 Å². The molecule has 1 unspecified atom stereocenters. The third-order valence-electron chi connectivity index (χ3n) is 2.77. The van der Waals surface area contributed by atoms with E-state index >= 15 is 0 Å². The smallest absolute Gasteiger partial charge is 0.331 e. The van der Waals surface area contributed by atoms with Gasteiger partial charge in [-0.15, -0.1) is 0 Å². The summed E-state index contributed by atoms with van der Waals surface area (Å²) in [7, 11) is 0.